The Kier molecular flexibility index (Phi) is 6.19. The minimum Gasteiger partial charge on any atom is -0.445 e. The van der Waals surface area contributed by atoms with Gasteiger partial charge in [-0.15, -0.1) is 0 Å². The Morgan fingerprint density at radius 2 is 1.75 bits per heavy atom. The number of carbonyl (C=O) groups is 1. The third kappa shape index (κ3) is 4.21. The first kappa shape index (κ1) is 21.9. The summed E-state index contributed by atoms with van der Waals surface area (Å²) < 4.78 is 19.7. The molecule has 6 nitrogen and oxygen atoms in total. The van der Waals surface area contributed by atoms with E-state index in [1.54, 1.807) is 24.0 Å². The smallest absolute Gasteiger partial charge is 0.254 e. The second kappa shape index (κ2) is 9.05. The first-order chi connectivity index (χ1) is 15.4. The number of hydrogen-bond acceptors (Lipinski definition) is 5. The van der Waals surface area contributed by atoms with Gasteiger partial charge >= 0.3 is 0 Å². The summed E-state index contributed by atoms with van der Waals surface area (Å²) in [6, 6.07) is 16.0. The molecule has 2 aromatic carbocycles. The van der Waals surface area contributed by atoms with Crippen LogP contribution in [0.15, 0.2) is 75.8 Å². The van der Waals surface area contributed by atoms with E-state index < -0.39 is 5.92 Å². The standard InChI is InChI=1S/C24H22BrFN4O2/c1-15-21(22(20(14-27)23(28)32-15)16-2-4-17(25)5-3-16)24(31)30-12-10-29(11-13-30)19-8-6-18(26)7-9-19/h2-9,22H,10-13,28H2,1H3/t22-/m1/s1. The van der Waals surface area contributed by atoms with E-state index in [9.17, 15) is 14.4 Å². The average Bonchev–Trinajstić information content (AvgIpc) is 2.79. The highest BCUT2D eigenvalue weighted by atomic mass is 79.9. The van der Waals surface area contributed by atoms with E-state index >= 15 is 0 Å². The van der Waals surface area contributed by atoms with Crippen LogP contribution < -0.4 is 10.6 Å². The summed E-state index contributed by atoms with van der Waals surface area (Å²) in [5, 5.41) is 9.77. The van der Waals surface area contributed by atoms with E-state index in [0.717, 1.165) is 15.7 Å². The molecule has 0 saturated carbocycles. The van der Waals surface area contributed by atoms with Crippen LogP contribution in [0.1, 0.15) is 18.4 Å². The van der Waals surface area contributed by atoms with Crippen molar-refractivity contribution in [2.45, 2.75) is 12.8 Å². The van der Waals surface area contributed by atoms with Crippen molar-refractivity contribution >= 4 is 27.5 Å². The van der Waals surface area contributed by atoms with Gasteiger partial charge in [0.25, 0.3) is 5.91 Å². The summed E-state index contributed by atoms with van der Waals surface area (Å²) in [7, 11) is 0. The van der Waals surface area contributed by atoms with Crippen LogP contribution in [-0.2, 0) is 9.53 Å². The number of nitrogens with two attached hydrogens (primary N) is 1. The van der Waals surface area contributed by atoms with E-state index in [1.165, 1.54) is 12.1 Å². The monoisotopic (exact) mass is 496 g/mol. The molecule has 2 heterocycles. The fourth-order valence-corrected chi connectivity index (χ4v) is 4.40. The van der Waals surface area contributed by atoms with Crippen LogP contribution in [0.25, 0.3) is 0 Å². The third-order valence-electron chi connectivity index (χ3n) is 5.80. The molecule has 0 aromatic heterocycles. The topological polar surface area (TPSA) is 82.6 Å². The van der Waals surface area contributed by atoms with Gasteiger partial charge in [0.2, 0.25) is 5.88 Å². The summed E-state index contributed by atoms with van der Waals surface area (Å²) in [5.74, 6) is -0.614. The van der Waals surface area contributed by atoms with Crippen LogP contribution >= 0.6 is 15.9 Å². The number of anilines is 1. The molecule has 164 valence electrons. The number of piperazine rings is 1. The normalized spacial score (nSPS) is 19.0. The van der Waals surface area contributed by atoms with Gasteiger partial charge in [0.15, 0.2) is 0 Å². The van der Waals surface area contributed by atoms with Gasteiger partial charge in [0.05, 0.1) is 11.5 Å². The SMILES string of the molecule is CC1=C(C(=O)N2CCN(c3ccc(F)cc3)CC2)[C@H](c2ccc(Br)cc2)C(C#N)=C(N)O1. The minimum absolute atomic E-state index is 0.0237. The predicted molar refractivity (Wildman–Crippen MR) is 123 cm³/mol. The Bertz CT molecular complexity index is 1130. The predicted octanol–water partition coefficient (Wildman–Crippen LogP) is 4.02. The lowest BCUT2D eigenvalue weighted by molar-refractivity contribution is -0.128. The maximum absolute atomic E-state index is 13.6. The van der Waals surface area contributed by atoms with Crippen LogP contribution in [0.4, 0.5) is 10.1 Å². The van der Waals surface area contributed by atoms with Crippen LogP contribution in [0.2, 0.25) is 0 Å². The molecule has 4 rings (SSSR count). The molecule has 0 aliphatic carbocycles. The molecule has 1 amide bonds. The number of hydrogen-bond donors (Lipinski definition) is 1. The van der Waals surface area contributed by atoms with E-state index in [1.807, 2.05) is 24.3 Å². The number of nitriles is 1. The zero-order valence-corrected chi connectivity index (χ0v) is 19.1. The Balaban J connectivity index is 1.58. The maximum Gasteiger partial charge on any atom is 0.254 e. The molecule has 0 unspecified atom stereocenters. The number of amides is 1. The molecule has 32 heavy (non-hydrogen) atoms. The van der Waals surface area contributed by atoms with Crippen LogP contribution in [0.3, 0.4) is 0 Å². The molecular formula is C24H22BrFN4O2. The summed E-state index contributed by atoms with van der Waals surface area (Å²) in [4.78, 5) is 17.5. The Labute approximate surface area is 194 Å². The molecule has 0 radical (unpaired) electrons. The van der Waals surface area contributed by atoms with Crippen molar-refractivity contribution < 1.29 is 13.9 Å². The quantitative estimate of drug-likeness (QED) is 0.693. The molecule has 0 spiro atoms. The van der Waals surface area contributed by atoms with Crippen LogP contribution in [0, 0.1) is 17.1 Å². The van der Waals surface area contributed by atoms with Gasteiger partial charge in [0, 0.05) is 36.3 Å². The van der Waals surface area contributed by atoms with Crippen molar-refractivity contribution in [1.29, 1.82) is 5.26 Å². The van der Waals surface area contributed by atoms with Crippen molar-refractivity contribution in [3.05, 3.63) is 87.2 Å². The summed E-state index contributed by atoms with van der Waals surface area (Å²) in [6.45, 7) is 3.95. The number of ether oxygens (including phenoxy) is 1. The molecule has 2 N–H and O–H groups in total. The first-order valence-electron chi connectivity index (χ1n) is 10.2. The number of allylic oxidation sites excluding steroid dienone is 2. The average molecular weight is 497 g/mol. The molecule has 2 aliphatic rings. The second-order valence-electron chi connectivity index (χ2n) is 7.70. The number of rotatable bonds is 3. The summed E-state index contributed by atoms with van der Waals surface area (Å²) >= 11 is 3.42. The van der Waals surface area contributed by atoms with Gasteiger partial charge in [-0.25, -0.2) is 4.39 Å². The lowest BCUT2D eigenvalue weighted by atomic mass is 9.82. The Hall–Kier alpha value is -3.31. The van der Waals surface area contributed by atoms with E-state index in [-0.39, 0.29) is 23.2 Å². The molecule has 1 atom stereocenters. The molecule has 1 fully saturated rings. The largest absolute Gasteiger partial charge is 0.445 e. The summed E-state index contributed by atoms with van der Waals surface area (Å²) in [6.07, 6.45) is 0. The Morgan fingerprint density at radius 1 is 1.12 bits per heavy atom. The van der Waals surface area contributed by atoms with Crippen LogP contribution in [-0.4, -0.2) is 37.0 Å². The van der Waals surface area contributed by atoms with Gasteiger partial charge in [-0.3, -0.25) is 4.79 Å². The number of nitrogens with zero attached hydrogens (tertiary/aromatic N) is 3. The van der Waals surface area contributed by atoms with Crippen molar-refractivity contribution in [1.82, 2.24) is 4.90 Å². The molecule has 2 aromatic rings. The van der Waals surface area contributed by atoms with Crippen LogP contribution in [0.5, 0.6) is 0 Å². The van der Waals surface area contributed by atoms with Gasteiger partial charge in [-0.05, 0) is 48.9 Å². The second-order valence-corrected chi connectivity index (χ2v) is 8.62. The maximum atomic E-state index is 13.6. The molecule has 8 heteroatoms. The lowest BCUT2D eigenvalue weighted by Gasteiger charge is -2.38. The lowest BCUT2D eigenvalue weighted by Crippen LogP contribution is -2.50. The van der Waals surface area contributed by atoms with Crippen molar-refractivity contribution in [3.8, 4) is 6.07 Å². The molecule has 0 bridgehead atoms. The molecule has 1 saturated heterocycles. The minimum atomic E-state index is -0.593. The third-order valence-corrected chi connectivity index (χ3v) is 6.33. The summed E-state index contributed by atoms with van der Waals surface area (Å²) in [5.41, 5.74) is 8.37. The van der Waals surface area contributed by atoms with Crippen molar-refractivity contribution in [3.63, 3.8) is 0 Å². The van der Waals surface area contributed by atoms with Gasteiger partial charge < -0.3 is 20.3 Å². The fraction of sp³-hybridized carbons (Fsp3) is 0.250. The molecule has 2 aliphatic heterocycles. The first-order valence-corrected chi connectivity index (χ1v) is 11.0. The van der Waals surface area contributed by atoms with Gasteiger partial charge in [0.1, 0.15) is 23.2 Å². The van der Waals surface area contributed by atoms with Crippen molar-refractivity contribution in [2.24, 2.45) is 5.73 Å². The van der Waals surface area contributed by atoms with Gasteiger partial charge in [-0.2, -0.15) is 5.26 Å². The van der Waals surface area contributed by atoms with Crippen molar-refractivity contribution in [2.75, 3.05) is 31.1 Å². The zero-order chi connectivity index (χ0) is 22.8. The number of halogens is 2. The highest BCUT2D eigenvalue weighted by Gasteiger charge is 2.38. The highest BCUT2D eigenvalue weighted by molar-refractivity contribution is 9.10. The van der Waals surface area contributed by atoms with E-state index in [2.05, 4.69) is 26.9 Å². The van der Waals surface area contributed by atoms with Gasteiger partial charge in [-0.1, -0.05) is 28.1 Å². The number of carbonyl (C=O) groups excluding carboxylic acids is 1. The fourth-order valence-electron chi connectivity index (χ4n) is 4.14. The molecular weight excluding hydrogens is 475 g/mol. The van der Waals surface area contributed by atoms with E-state index in [4.69, 9.17) is 10.5 Å². The Morgan fingerprint density at radius 3 is 2.34 bits per heavy atom. The van der Waals surface area contributed by atoms with E-state index in [0.29, 0.717) is 37.5 Å². The number of benzene rings is 2. The highest BCUT2D eigenvalue weighted by Crippen LogP contribution is 2.40. The zero-order valence-electron chi connectivity index (χ0n) is 17.5.